The second-order valence-electron chi connectivity index (χ2n) is 4.03. The summed E-state index contributed by atoms with van der Waals surface area (Å²) >= 11 is 0. The van der Waals surface area contributed by atoms with Gasteiger partial charge in [-0.05, 0) is 44.5 Å². The first-order valence-corrected chi connectivity index (χ1v) is 6.24. The molecule has 0 unspecified atom stereocenters. The molecular formula is C14H23NO. The van der Waals surface area contributed by atoms with Crippen LogP contribution in [-0.2, 0) is 0 Å². The number of nitrogens with one attached hydrogen (secondary N) is 1. The molecule has 0 amide bonds. The summed E-state index contributed by atoms with van der Waals surface area (Å²) in [7, 11) is 0. The predicted octanol–water partition coefficient (Wildman–Crippen LogP) is 3.54. The van der Waals surface area contributed by atoms with Crippen LogP contribution in [0.5, 0.6) is 5.75 Å². The highest BCUT2D eigenvalue weighted by Gasteiger charge is 2.04. The zero-order valence-electron chi connectivity index (χ0n) is 10.6. The lowest BCUT2D eigenvalue weighted by molar-refractivity contribution is 0.339. The van der Waals surface area contributed by atoms with Crippen molar-refractivity contribution in [3.63, 3.8) is 0 Å². The third kappa shape index (κ3) is 4.23. The molecule has 0 bridgehead atoms. The summed E-state index contributed by atoms with van der Waals surface area (Å²) in [6, 6.07) is 8.72. The van der Waals surface area contributed by atoms with Crippen LogP contribution in [0.2, 0.25) is 0 Å². The lowest BCUT2D eigenvalue weighted by Gasteiger charge is -2.15. The monoisotopic (exact) mass is 221 g/mol. The molecule has 0 aliphatic carbocycles. The van der Waals surface area contributed by atoms with Gasteiger partial charge in [-0.25, -0.2) is 0 Å². The summed E-state index contributed by atoms with van der Waals surface area (Å²) in [6.45, 7) is 8.22. The molecule has 1 N–H and O–H groups in total. The zero-order chi connectivity index (χ0) is 11.8. The molecule has 0 aromatic heterocycles. The molecule has 1 rings (SSSR count). The molecule has 90 valence electrons. The molecule has 1 aromatic carbocycles. The zero-order valence-corrected chi connectivity index (χ0v) is 10.6. The Morgan fingerprint density at radius 2 is 2.12 bits per heavy atom. The maximum absolute atomic E-state index is 5.49. The van der Waals surface area contributed by atoms with Crippen LogP contribution in [0, 0.1) is 0 Å². The van der Waals surface area contributed by atoms with Gasteiger partial charge in [0.25, 0.3) is 0 Å². The van der Waals surface area contributed by atoms with Crippen LogP contribution in [0.25, 0.3) is 0 Å². The van der Waals surface area contributed by atoms with Crippen molar-refractivity contribution >= 4 is 0 Å². The largest absolute Gasteiger partial charge is 0.494 e. The van der Waals surface area contributed by atoms with Gasteiger partial charge in [-0.3, -0.25) is 0 Å². The lowest BCUT2D eigenvalue weighted by atomic mass is 10.1. The molecule has 0 spiro atoms. The molecule has 16 heavy (non-hydrogen) atoms. The highest BCUT2D eigenvalue weighted by atomic mass is 16.5. The summed E-state index contributed by atoms with van der Waals surface area (Å²) < 4.78 is 5.49. The van der Waals surface area contributed by atoms with Gasteiger partial charge in [0.2, 0.25) is 0 Å². The minimum absolute atomic E-state index is 0.395. The van der Waals surface area contributed by atoms with Gasteiger partial charge in [0, 0.05) is 6.04 Å². The van der Waals surface area contributed by atoms with E-state index in [0.717, 1.165) is 18.9 Å². The smallest absolute Gasteiger partial charge is 0.119 e. The predicted molar refractivity (Wildman–Crippen MR) is 68.9 cm³/mol. The maximum atomic E-state index is 5.49. The van der Waals surface area contributed by atoms with Gasteiger partial charge in [0.15, 0.2) is 0 Å². The molecule has 1 atom stereocenters. The summed E-state index contributed by atoms with van der Waals surface area (Å²) in [5.74, 6) is 0.962. The van der Waals surface area contributed by atoms with Crippen molar-refractivity contribution in [2.24, 2.45) is 0 Å². The highest BCUT2D eigenvalue weighted by Crippen LogP contribution is 2.18. The maximum Gasteiger partial charge on any atom is 0.119 e. The number of benzene rings is 1. The number of ether oxygens (including phenoxy) is 1. The Labute approximate surface area is 99.0 Å². The molecule has 2 heteroatoms. The van der Waals surface area contributed by atoms with Crippen molar-refractivity contribution in [3.8, 4) is 5.75 Å². The van der Waals surface area contributed by atoms with E-state index >= 15 is 0 Å². The third-order valence-corrected chi connectivity index (χ3v) is 2.65. The fourth-order valence-corrected chi connectivity index (χ4v) is 1.65. The van der Waals surface area contributed by atoms with Crippen molar-refractivity contribution in [1.82, 2.24) is 5.32 Å². The number of unbranched alkanes of at least 4 members (excludes halogenated alkanes) is 1. The second kappa shape index (κ2) is 7.29. The fourth-order valence-electron chi connectivity index (χ4n) is 1.65. The first-order chi connectivity index (χ1) is 7.77. The second-order valence-corrected chi connectivity index (χ2v) is 4.03. The van der Waals surface area contributed by atoms with E-state index < -0.39 is 0 Å². The van der Waals surface area contributed by atoms with Gasteiger partial charge >= 0.3 is 0 Å². The normalized spacial score (nSPS) is 12.4. The summed E-state index contributed by atoms with van der Waals surface area (Å²) in [5, 5.41) is 3.51. The standard InChI is InChI=1S/C14H23NO/c1-4-6-10-15-12(3)13-8-7-9-14(11-13)16-5-2/h7-9,11-12,15H,4-6,10H2,1-3H3/t12-/m1/s1. The van der Waals surface area contributed by atoms with Crippen molar-refractivity contribution in [1.29, 1.82) is 0 Å². The van der Waals surface area contributed by atoms with E-state index in [4.69, 9.17) is 4.74 Å². The van der Waals surface area contributed by atoms with Gasteiger partial charge in [0.1, 0.15) is 5.75 Å². The van der Waals surface area contributed by atoms with Crippen LogP contribution in [0.1, 0.15) is 45.2 Å². The molecule has 0 heterocycles. The van der Waals surface area contributed by atoms with Crippen molar-refractivity contribution in [3.05, 3.63) is 29.8 Å². The van der Waals surface area contributed by atoms with Gasteiger partial charge in [-0.1, -0.05) is 25.5 Å². The molecule has 0 radical (unpaired) electrons. The van der Waals surface area contributed by atoms with Crippen LogP contribution in [0.15, 0.2) is 24.3 Å². The quantitative estimate of drug-likeness (QED) is 0.711. The summed E-state index contributed by atoms with van der Waals surface area (Å²) in [4.78, 5) is 0. The van der Waals surface area contributed by atoms with E-state index in [1.54, 1.807) is 0 Å². The summed E-state index contributed by atoms with van der Waals surface area (Å²) in [6.07, 6.45) is 2.47. The van der Waals surface area contributed by atoms with Crippen LogP contribution in [-0.4, -0.2) is 13.2 Å². The van der Waals surface area contributed by atoms with E-state index in [9.17, 15) is 0 Å². The van der Waals surface area contributed by atoms with Gasteiger partial charge in [-0.15, -0.1) is 0 Å². The van der Waals surface area contributed by atoms with Crippen LogP contribution in [0.3, 0.4) is 0 Å². The van der Waals surface area contributed by atoms with E-state index in [1.807, 2.05) is 13.0 Å². The first-order valence-electron chi connectivity index (χ1n) is 6.24. The fraction of sp³-hybridized carbons (Fsp3) is 0.571. The average molecular weight is 221 g/mol. The molecule has 0 saturated heterocycles. The van der Waals surface area contributed by atoms with E-state index in [-0.39, 0.29) is 0 Å². The molecule has 2 nitrogen and oxygen atoms in total. The Hall–Kier alpha value is -1.02. The number of hydrogen-bond acceptors (Lipinski definition) is 2. The Morgan fingerprint density at radius 3 is 2.81 bits per heavy atom. The summed E-state index contributed by atoms with van der Waals surface area (Å²) in [5.41, 5.74) is 1.29. The number of hydrogen-bond donors (Lipinski definition) is 1. The third-order valence-electron chi connectivity index (χ3n) is 2.65. The van der Waals surface area contributed by atoms with Crippen molar-refractivity contribution in [2.75, 3.05) is 13.2 Å². The van der Waals surface area contributed by atoms with E-state index in [2.05, 4.69) is 37.4 Å². The Bertz CT molecular complexity index is 299. The topological polar surface area (TPSA) is 21.3 Å². The minimum Gasteiger partial charge on any atom is -0.494 e. The number of rotatable bonds is 7. The average Bonchev–Trinajstić information content (AvgIpc) is 2.30. The van der Waals surface area contributed by atoms with Gasteiger partial charge < -0.3 is 10.1 Å². The molecule has 0 aliphatic rings. The minimum atomic E-state index is 0.395. The Balaban J connectivity index is 2.53. The lowest BCUT2D eigenvalue weighted by Crippen LogP contribution is -2.19. The van der Waals surface area contributed by atoms with Crippen LogP contribution in [0.4, 0.5) is 0 Å². The van der Waals surface area contributed by atoms with Gasteiger partial charge in [-0.2, -0.15) is 0 Å². The molecule has 0 saturated carbocycles. The molecule has 0 fully saturated rings. The molecular weight excluding hydrogens is 198 g/mol. The van der Waals surface area contributed by atoms with Crippen molar-refractivity contribution < 1.29 is 4.74 Å². The van der Waals surface area contributed by atoms with Gasteiger partial charge in [0.05, 0.1) is 6.61 Å². The Morgan fingerprint density at radius 1 is 1.31 bits per heavy atom. The first kappa shape index (κ1) is 13.0. The van der Waals surface area contributed by atoms with Crippen molar-refractivity contribution in [2.45, 2.75) is 39.7 Å². The van der Waals surface area contributed by atoms with E-state index in [0.29, 0.717) is 6.04 Å². The highest BCUT2D eigenvalue weighted by molar-refractivity contribution is 5.30. The van der Waals surface area contributed by atoms with Crippen LogP contribution >= 0.6 is 0 Å². The molecule has 0 aliphatic heterocycles. The van der Waals surface area contributed by atoms with Crippen LogP contribution < -0.4 is 10.1 Å². The van der Waals surface area contributed by atoms with E-state index in [1.165, 1.54) is 18.4 Å². The Kier molecular flexibility index (Phi) is 5.94. The molecule has 1 aromatic rings. The SMILES string of the molecule is CCCCN[C@H](C)c1cccc(OCC)c1.